The second kappa shape index (κ2) is 11.4. The average molecular weight is 377 g/mol. The van der Waals surface area contributed by atoms with Crippen molar-refractivity contribution in [3.8, 4) is 0 Å². The largest absolute Gasteiger partial charge is 0.480 e. The monoisotopic (exact) mass is 377 g/mol. The smallest absolute Gasteiger partial charge is 0.408 e. The van der Waals surface area contributed by atoms with Crippen LogP contribution in [0.15, 0.2) is 43.0 Å². The number of hydrogen-bond donors (Lipinski definition) is 2. The normalized spacial score (nSPS) is 13.4. The number of carboxylic acids is 1. The minimum absolute atomic E-state index is 0.0252. The van der Waals surface area contributed by atoms with E-state index in [1.165, 1.54) is 0 Å². The van der Waals surface area contributed by atoms with Crippen molar-refractivity contribution in [2.75, 3.05) is 6.61 Å². The van der Waals surface area contributed by atoms with Crippen LogP contribution in [-0.2, 0) is 20.9 Å². The number of aliphatic carboxylic acids is 1. The molecule has 0 spiro atoms. The fourth-order valence-electron chi connectivity index (χ4n) is 2.55. The lowest BCUT2D eigenvalue weighted by atomic mass is 9.95. The van der Waals surface area contributed by atoms with Gasteiger partial charge in [0, 0.05) is 6.61 Å². The molecule has 0 aromatic heterocycles. The first-order valence-corrected chi connectivity index (χ1v) is 9.16. The molecule has 0 aliphatic heterocycles. The molecule has 2 N–H and O–H groups in total. The van der Waals surface area contributed by atoms with Gasteiger partial charge in [0.1, 0.15) is 11.6 Å². The predicted molar refractivity (Wildman–Crippen MR) is 104 cm³/mol. The standard InChI is InChI=1S/C21H31NO5/c1-5-6-10-17(15-26-14-16-11-8-7-9-12-16)13-18(19(23)24)22-20(25)27-21(2,3)4/h5,7-9,11-12,17-18H,1,6,10,13-15H2,2-4H3,(H,22,25)(H,23,24)/t17?,18-/m0/s1. The Labute approximate surface area is 161 Å². The molecule has 2 atom stereocenters. The number of ether oxygens (including phenoxy) is 2. The number of carbonyl (C=O) groups excluding carboxylic acids is 1. The van der Waals surface area contributed by atoms with E-state index in [2.05, 4.69) is 11.9 Å². The Morgan fingerprint density at radius 3 is 2.48 bits per heavy atom. The predicted octanol–water partition coefficient (Wildman–Crippen LogP) is 4.15. The summed E-state index contributed by atoms with van der Waals surface area (Å²) in [6.07, 6.45) is 2.80. The van der Waals surface area contributed by atoms with E-state index < -0.39 is 23.7 Å². The Hall–Kier alpha value is -2.34. The molecule has 0 saturated heterocycles. The number of alkyl carbamates (subject to hydrolysis) is 1. The van der Waals surface area contributed by atoms with Crippen LogP contribution in [-0.4, -0.2) is 35.4 Å². The highest BCUT2D eigenvalue weighted by atomic mass is 16.6. The van der Waals surface area contributed by atoms with Gasteiger partial charge in [0.25, 0.3) is 0 Å². The van der Waals surface area contributed by atoms with E-state index in [0.29, 0.717) is 13.2 Å². The summed E-state index contributed by atoms with van der Waals surface area (Å²) >= 11 is 0. The first-order valence-electron chi connectivity index (χ1n) is 9.16. The zero-order valence-electron chi connectivity index (χ0n) is 16.4. The Balaban J connectivity index is 2.62. The molecule has 0 bridgehead atoms. The summed E-state index contributed by atoms with van der Waals surface area (Å²) in [5.41, 5.74) is 0.371. The lowest BCUT2D eigenvalue weighted by Gasteiger charge is -2.24. The van der Waals surface area contributed by atoms with Crippen molar-refractivity contribution < 1.29 is 24.2 Å². The van der Waals surface area contributed by atoms with E-state index in [-0.39, 0.29) is 12.3 Å². The Kier molecular flexibility index (Phi) is 9.58. The third-order valence-corrected chi connectivity index (χ3v) is 3.80. The zero-order valence-corrected chi connectivity index (χ0v) is 16.4. The summed E-state index contributed by atoms with van der Waals surface area (Å²) < 4.78 is 10.9. The minimum atomic E-state index is -1.09. The summed E-state index contributed by atoms with van der Waals surface area (Å²) in [4.78, 5) is 23.5. The van der Waals surface area contributed by atoms with Gasteiger partial charge >= 0.3 is 12.1 Å². The highest BCUT2D eigenvalue weighted by Gasteiger charge is 2.26. The van der Waals surface area contributed by atoms with Gasteiger partial charge in [-0.25, -0.2) is 9.59 Å². The van der Waals surface area contributed by atoms with Gasteiger partial charge in [-0.15, -0.1) is 6.58 Å². The van der Waals surface area contributed by atoms with Crippen LogP contribution in [0.1, 0.15) is 45.6 Å². The van der Waals surface area contributed by atoms with E-state index in [1.54, 1.807) is 26.8 Å². The van der Waals surface area contributed by atoms with Gasteiger partial charge < -0.3 is 19.9 Å². The zero-order chi connectivity index (χ0) is 20.3. The highest BCUT2D eigenvalue weighted by Crippen LogP contribution is 2.17. The van der Waals surface area contributed by atoms with Crippen LogP contribution in [0.2, 0.25) is 0 Å². The molecular formula is C21H31NO5. The molecule has 1 amide bonds. The van der Waals surface area contributed by atoms with E-state index in [0.717, 1.165) is 18.4 Å². The summed E-state index contributed by atoms with van der Waals surface area (Å²) in [6.45, 7) is 9.77. The maximum atomic E-state index is 11.9. The maximum absolute atomic E-state index is 11.9. The molecule has 1 aromatic rings. The van der Waals surface area contributed by atoms with Crippen molar-refractivity contribution in [1.29, 1.82) is 0 Å². The lowest BCUT2D eigenvalue weighted by Crippen LogP contribution is -2.44. The molecule has 0 saturated carbocycles. The van der Waals surface area contributed by atoms with Crippen molar-refractivity contribution in [1.82, 2.24) is 5.32 Å². The number of nitrogens with one attached hydrogen (secondary N) is 1. The second-order valence-electron chi connectivity index (χ2n) is 7.51. The molecule has 0 aliphatic rings. The van der Waals surface area contributed by atoms with Gasteiger partial charge in [-0.2, -0.15) is 0 Å². The van der Waals surface area contributed by atoms with Crippen LogP contribution in [0.25, 0.3) is 0 Å². The maximum Gasteiger partial charge on any atom is 0.408 e. The molecule has 0 aliphatic carbocycles. The van der Waals surface area contributed by atoms with Crippen LogP contribution in [0, 0.1) is 5.92 Å². The number of hydrogen-bond acceptors (Lipinski definition) is 4. The van der Waals surface area contributed by atoms with Crippen molar-refractivity contribution in [2.24, 2.45) is 5.92 Å². The number of rotatable bonds is 11. The van der Waals surface area contributed by atoms with E-state index in [4.69, 9.17) is 9.47 Å². The van der Waals surface area contributed by atoms with E-state index in [1.807, 2.05) is 30.3 Å². The van der Waals surface area contributed by atoms with Crippen LogP contribution in [0.4, 0.5) is 4.79 Å². The van der Waals surface area contributed by atoms with Crippen molar-refractivity contribution >= 4 is 12.1 Å². The van der Waals surface area contributed by atoms with Crippen molar-refractivity contribution in [2.45, 2.75) is 58.3 Å². The summed E-state index contributed by atoms with van der Waals surface area (Å²) in [5.74, 6) is -1.12. The summed E-state index contributed by atoms with van der Waals surface area (Å²) in [5, 5.41) is 11.9. The third kappa shape index (κ3) is 10.4. The molecule has 1 unspecified atom stereocenters. The molecule has 6 heteroatoms. The molecule has 1 rings (SSSR count). The van der Waals surface area contributed by atoms with Crippen molar-refractivity contribution in [3.05, 3.63) is 48.6 Å². The van der Waals surface area contributed by atoms with Crippen LogP contribution < -0.4 is 5.32 Å². The number of amides is 1. The van der Waals surface area contributed by atoms with Gasteiger partial charge in [-0.3, -0.25) is 0 Å². The minimum Gasteiger partial charge on any atom is -0.480 e. The number of benzene rings is 1. The van der Waals surface area contributed by atoms with Gasteiger partial charge in [0.05, 0.1) is 6.61 Å². The molecule has 150 valence electrons. The molecular weight excluding hydrogens is 346 g/mol. The van der Waals surface area contributed by atoms with Crippen molar-refractivity contribution in [3.63, 3.8) is 0 Å². The van der Waals surface area contributed by atoms with E-state index in [9.17, 15) is 14.7 Å². The average Bonchev–Trinajstić information content (AvgIpc) is 2.58. The van der Waals surface area contributed by atoms with Crippen LogP contribution in [0.5, 0.6) is 0 Å². The molecule has 0 fully saturated rings. The first-order chi connectivity index (χ1) is 12.7. The first kappa shape index (κ1) is 22.7. The third-order valence-electron chi connectivity index (χ3n) is 3.80. The van der Waals surface area contributed by atoms with Gasteiger partial charge in [0.15, 0.2) is 0 Å². The lowest BCUT2D eigenvalue weighted by molar-refractivity contribution is -0.140. The van der Waals surface area contributed by atoms with Gasteiger partial charge in [-0.05, 0) is 51.5 Å². The van der Waals surface area contributed by atoms with Crippen LogP contribution >= 0.6 is 0 Å². The van der Waals surface area contributed by atoms with Crippen LogP contribution in [0.3, 0.4) is 0 Å². The fourth-order valence-corrected chi connectivity index (χ4v) is 2.55. The molecule has 0 heterocycles. The fraction of sp³-hybridized carbons (Fsp3) is 0.524. The Bertz CT molecular complexity index is 594. The summed E-state index contributed by atoms with van der Waals surface area (Å²) in [6, 6.07) is 8.75. The Morgan fingerprint density at radius 2 is 1.93 bits per heavy atom. The molecule has 1 aromatic carbocycles. The number of allylic oxidation sites excluding steroid dienone is 1. The topological polar surface area (TPSA) is 84.9 Å². The SMILES string of the molecule is C=CCCC(COCc1ccccc1)C[C@H](NC(=O)OC(C)(C)C)C(=O)O. The molecule has 27 heavy (non-hydrogen) atoms. The number of carboxylic acid groups (broad SMARTS) is 1. The second-order valence-corrected chi connectivity index (χ2v) is 7.51. The van der Waals surface area contributed by atoms with Gasteiger partial charge in [-0.1, -0.05) is 36.4 Å². The summed E-state index contributed by atoms with van der Waals surface area (Å²) in [7, 11) is 0. The quantitative estimate of drug-likeness (QED) is 0.566. The van der Waals surface area contributed by atoms with E-state index >= 15 is 0 Å². The number of carbonyl (C=O) groups is 2. The molecule has 6 nitrogen and oxygen atoms in total. The Morgan fingerprint density at radius 1 is 1.26 bits per heavy atom. The highest BCUT2D eigenvalue weighted by molar-refractivity contribution is 5.80. The van der Waals surface area contributed by atoms with Gasteiger partial charge in [0.2, 0.25) is 0 Å². The molecule has 0 radical (unpaired) electrons.